The molecule has 0 atom stereocenters. The van der Waals surface area contributed by atoms with Gasteiger partial charge in [0.15, 0.2) is 0 Å². The highest BCUT2D eigenvalue weighted by Gasteiger charge is 2.13. The molecule has 4 nitrogen and oxygen atoms in total. The van der Waals surface area contributed by atoms with E-state index in [0.717, 1.165) is 32.8 Å². The molecule has 1 aromatic carbocycles. The van der Waals surface area contributed by atoms with E-state index in [1.165, 1.54) is 22.2 Å². The zero-order chi connectivity index (χ0) is 13.2. The zero-order valence-corrected chi connectivity index (χ0v) is 11.4. The number of nitrogens with zero attached hydrogens (tertiary/aromatic N) is 2. The Hall–Kier alpha value is -1.36. The van der Waals surface area contributed by atoms with E-state index >= 15 is 0 Å². The fourth-order valence-electron chi connectivity index (χ4n) is 2.72. The van der Waals surface area contributed by atoms with E-state index in [9.17, 15) is 0 Å². The van der Waals surface area contributed by atoms with Gasteiger partial charge in [-0.1, -0.05) is 6.07 Å². The van der Waals surface area contributed by atoms with E-state index in [-0.39, 0.29) is 0 Å². The highest BCUT2D eigenvalue weighted by atomic mass is 16.5. The Morgan fingerprint density at radius 2 is 2.00 bits per heavy atom. The van der Waals surface area contributed by atoms with Gasteiger partial charge in [-0.3, -0.25) is 4.90 Å². The van der Waals surface area contributed by atoms with Crippen LogP contribution >= 0.6 is 0 Å². The van der Waals surface area contributed by atoms with E-state index in [0.29, 0.717) is 6.54 Å². The molecule has 0 saturated carbocycles. The second kappa shape index (κ2) is 5.33. The Labute approximate surface area is 113 Å². The number of rotatable bonds is 3. The van der Waals surface area contributed by atoms with Gasteiger partial charge < -0.3 is 15.0 Å². The number of hydrogen-bond acceptors (Lipinski definition) is 3. The summed E-state index contributed by atoms with van der Waals surface area (Å²) in [6.07, 6.45) is 0. The lowest BCUT2D eigenvalue weighted by Gasteiger charge is -2.26. The van der Waals surface area contributed by atoms with E-state index in [1.54, 1.807) is 0 Å². The number of aryl methyl sites for hydroxylation is 1. The van der Waals surface area contributed by atoms with E-state index < -0.39 is 0 Å². The molecule has 4 heteroatoms. The summed E-state index contributed by atoms with van der Waals surface area (Å²) in [6.45, 7) is 5.34. The molecule has 1 fully saturated rings. The van der Waals surface area contributed by atoms with Crippen LogP contribution in [0.4, 0.5) is 0 Å². The summed E-state index contributed by atoms with van der Waals surface area (Å²) >= 11 is 0. The number of ether oxygens (including phenoxy) is 1. The standard InChI is InChI=1S/C15H21N3O/c1-17-14(11-18-4-6-19-7-5-18)9-13-8-12(10-16)2-3-15(13)17/h2-3,8-9H,4-7,10-11,16H2,1H3. The normalized spacial score (nSPS) is 17.2. The fourth-order valence-corrected chi connectivity index (χ4v) is 2.72. The van der Waals surface area contributed by atoms with E-state index in [2.05, 4.69) is 40.8 Å². The van der Waals surface area contributed by atoms with Crippen LogP contribution in [0, 0.1) is 0 Å². The molecule has 0 aliphatic carbocycles. The Bertz CT molecular complexity index is 570. The molecule has 0 amide bonds. The SMILES string of the molecule is Cn1c(CN2CCOCC2)cc2cc(CN)ccc21. The maximum atomic E-state index is 5.71. The molecule has 1 aliphatic rings. The fraction of sp³-hybridized carbons (Fsp3) is 0.467. The van der Waals surface area contributed by atoms with Crippen molar-refractivity contribution in [3.63, 3.8) is 0 Å². The van der Waals surface area contributed by atoms with Crippen molar-refractivity contribution in [2.75, 3.05) is 26.3 Å². The molecule has 19 heavy (non-hydrogen) atoms. The Balaban J connectivity index is 1.88. The number of fused-ring (bicyclic) bond motifs is 1. The summed E-state index contributed by atoms with van der Waals surface area (Å²) < 4.78 is 7.68. The van der Waals surface area contributed by atoms with Gasteiger partial charge in [-0.15, -0.1) is 0 Å². The lowest BCUT2D eigenvalue weighted by Crippen LogP contribution is -2.36. The smallest absolute Gasteiger partial charge is 0.0594 e. The van der Waals surface area contributed by atoms with Crippen molar-refractivity contribution in [2.24, 2.45) is 12.8 Å². The molecule has 0 radical (unpaired) electrons. The number of aromatic nitrogens is 1. The van der Waals surface area contributed by atoms with Crippen molar-refractivity contribution in [1.82, 2.24) is 9.47 Å². The highest BCUT2D eigenvalue weighted by molar-refractivity contribution is 5.82. The van der Waals surface area contributed by atoms with Crippen molar-refractivity contribution in [3.05, 3.63) is 35.5 Å². The second-order valence-corrected chi connectivity index (χ2v) is 5.18. The number of nitrogens with two attached hydrogens (primary N) is 1. The van der Waals surface area contributed by atoms with Gasteiger partial charge in [-0.2, -0.15) is 0 Å². The van der Waals surface area contributed by atoms with Gasteiger partial charge >= 0.3 is 0 Å². The third-order valence-electron chi connectivity index (χ3n) is 3.93. The lowest BCUT2D eigenvalue weighted by atomic mass is 10.1. The Morgan fingerprint density at radius 1 is 1.21 bits per heavy atom. The molecule has 0 spiro atoms. The summed E-state index contributed by atoms with van der Waals surface area (Å²) in [5.41, 5.74) is 9.53. The predicted molar refractivity (Wildman–Crippen MR) is 76.9 cm³/mol. The van der Waals surface area contributed by atoms with Crippen molar-refractivity contribution in [1.29, 1.82) is 0 Å². The molecule has 2 N–H and O–H groups in total. The van der Waals surface area contributed by atoms with Crippen molar-refractivity contribution < 1.29 is 4.74 Å². The molecule has 1 saturated heterocycles. The molecule has 1 aliphatic heterocycles. The Kier molecular flexibility index (Phi) is 3.55. The van der Waals surface area contributed by atoms with Crippen LogP contribution in [0.25, 0.3) is 10.9 Å². The first kappa shape index (κ1) is 12.7. The second-order valence-electron chi connectivity index (χ2n) is 5.18. The van der Waals surface area contributed by atoms with Crippen LogP contribution in [0.1, 0.15) is 11.3 Å². The van der Waals surface area contributed by atoms with Gasteiger partial charge in [0.25, 0.3) is 0 Å². The summed E-state index contributed by atoms with van der Waals surface area (Å²) in [4.78, 5) is 2.45. The average Bonchev–Trinajstić information content (AvgIpc) is 2.76. The molecule has 2 aromatic rings. The van der Waals surface area contributed by atoms with Crippen LogP contribution in [0.2, 0.25) is 0 Å². The first-order valence-electron chi connectivity index (χ1n) is 6.85. The molecular weight excluding hydrogens is 238 g/mol. The van der Waals surface area contributed by atoms with Crippen LogP contribution in [0.3, 0.4) is 0 Å². The van der Waals surface area contributed by atoms with Crippen LogP contribution in [-0.2, 0) is 24.9 Å². The lowest BCUT2D eigenvalue weighted by molar-refractivity contribution is 0.0333. The average molecular weight is 259 g/mol. The third kappa shape index (κ3) is 2.52. The predicted octanol–water partition coefficient (Wildman–Crippen LogP) is 1.47. The zero-order valence-electron chi connectivity index (χ0n) is 11.4. The van der Waals surface area contributed by atoms with Gasteiger partial charge in [-0.05, 0) is 23.8 Å². The number of morpholine rings is 1. The minimum atomic E-state index is 0.601. The van der Waals surface area contributed by atoms with Crippen molar-refractivity contribution in [2.45, 2.75) is 13.1 Å². The van der Waals surface area contributed by atoms with E-state index in [4.69, 9.17) is 10.5 Å². The van der Waals surface area contributed by atoms with Crippen LogP contribution in [0.5, 0.6) is 0 Å². The van der Waals surface area contributed by atoms with Crippen molar-refractivity contribution >= 4 is 10.9 Å². The minimum Gasteiger partial charge on any atom is -0.379 e. The first-order chi connectivity index (χ1) is 9.28. The molecule has 0 unspecified atom stereocenters. The van der Waals surface area contributed by atoms with E-state index in [1.807, 2.05) is 0 Å². The first-order valence-corrected chi connectivity index (χ1v) is 6.85. The van der Waals surface area contributed by atoms with Crippen LogP contribution < -0.4 is 5.73 Å². The molecular formula is C15H21N3O. The topological polar surface area (TPSA) is 43.4 Å². The molecule has 1 aromatic heterocycles. The van der Waals surface area contributed by atoms with Gasteiger partial charge in [-0.25, -0.2) is 0 Å². The number of benzene rings is 1. The Morgan fingerprint density at radius 3 is 2.74 bits per heavy atom. The molecule has 102 valence electrons. The largest absolute Gasteiger partial charge is 0.379 e. The van der Waals surface area contributed by atoms with Crippen molar-refractivity contribution in [3.8, 4) is 0 Å². The quantitative estimate of drug-likeness (QED) is 0.907. The summed E-state index contributed by atoms with van der Waals surface area (Å²) in [7, 11) is 2.14. The maximum absolute atomic E-state index is 5.71. The minimum absolute atomic E-state index is 0.601. The molecule has 3 rings (SSSR count). The molecule has 0 bridgehead atoms. The van der Waals surface area contributed by atoms with Gasteiger partial charge in [0.1, 0.15) is 0 Å². The summed E-state index contributed by atoms with van der Waals surface area (Å²) in [6, 6.07) is 8.75. The van der Waals surface area contributed by atoms with Gasteiger partial charge in [0.05, 0.1) is 13.2 Å². The number of hydrogen-bond donors (Lipinski definition) is 1. The third-order valence-corrected chi connectivity index (χ3v) is 3.93. The monoisotopic (exact) mass is 259 g/mol. The van der Waals surface area contributed by atoms with Crippen LogP contribution in [-0.4, -0.2) is 35.8 Å². The van der Waals surface area contributed by atoms with Gasteiger partial charge in [0.2, 0.25) is 0 Å². The van der Waals surface area contributed by atoms with Gasteiger partial charge in [0, 0.05) is 49.8 Å². The maximum Gasteiger partial charge on any atom is 0.0594 e. The molecule has 2 heterocycles. The highest BCUT2D eigenvalue weighted by Crippen LogP contribution is 2.21. The summed E-state index contributed by atoms with van der Waals surface area (Å²) in [5.74, 6) is 0. The van der Waals surface area contributed by atoms with Crippen LogP contribution in [0.15, 0.2) is 24.3 Å². The summed E-state index contributed by atoms with van der Waals surface area (Å²) in [5, 5.41) is 1.29.